The van der Waals surface area contributed by atoms with E-state index in [0.29, 0.717) is 10.5 Å². The van der Waals surface area contributed by atoms with Crippen molar-refractivity contribution in [3.05, 3.63) is 11.1 Å². The first kappa shape index (κ1) is 9.00. The van der Waals surface area contributed by atoms with Crippen LogP contribution in [0.3, 0.4) is 0 Å². The second kappa shape index (κ2) is 3.29. The van der Waals surface area contributed by atoms with Crippen LogP contribution < -0.4 is 5.73 Å². The Balaban J connectivity index is 2.22. The Kier molecular flexibility index (Phi) is 2.28. The third kappa shape index (κ3) is 1.70. The summed E-state index contributed by atoms with van der Waals surface area (Å²) in [5, 5.41) is 2.84. The average molecular weight is 196 g/mol. The molecule has 0 saturated heterocycles. The van der Waals surface area contributed by atoms with Crippen LogP contribution in [0.1, 0.15) is 44.7 Å². The molecule has 3 heteroatoms. The fourth-order valence-electron chi connectivity index (χ4n) is 2.15. The lowest BCUT2D eigenvalue weighted by Crippen LogP contribution is -2.25. The molecule has 0 aromatic carbocycles. The molecule has 0 amide bonds. The fraction of sp³-hybridized carbons (Fsp3) is 0.700. The summed E-state index contributed by atoms with van der Waals surface area (Å²) in [6.45, 7) is 2.32. The third-order valence-electron chi connectivity index (χ3n) is 3.10. The maximum absolute atomic E-state index is 5.65. The second-order valence-corrected chi connectivity index (χ2v) is 5.08. The molecular formula is C10H16N2S. The summed E-state index contributed by atoms with van der Waals surface area (Å²) in [5.74, 6) is 0. The van der Waals surface area contributed by atoms with Gasteiger partial charge in [0.2, 0.25) is 0 Å². The van der Waals surface area contributed by atoms with Gasteiger partial charge in [-0.15, -0.1) is 11.3 Å². The van der Waals surface area contributed by atoms with Crippen LogP contribution in [0.25, 0.3) is 0 Å². The van der Waals surface area contributed by atoms with Crippen LogP contribution >= 0.6 is 11.3 Å². The lowest BCUT2D eigenvalue weighted by atomic mass is 9.74. The number of nitrogens with two attached hydrogens (primary N) is 1. The molecule has 2 rings (SSSR count). The first-order valence-corrected chi connectivity index (χ1v) is 5.80. The zero-order valence-electron chi connectivity index (χ0n) is 8.05. The van der Waals surface area contributed by atoms with E-state index in [-0.39, 0.29) is 0 Å². The van der Waals surface area contributed by atoms with Gasteiger partial charge >= 0.3 is 0 Å². The molecule has 72 valence electrons. The molecule has 1 aliphatic carbocycles. The van der Waals surface area contributed by atoms with Crippen molar-refractivity contribution in [1.29, 1.82) is 0 Å². The number of hydrogen-bond acceptors (Lipinski definition) is 3. The number of aromatic nitrogens is 1. The molecule has 1 heterocycles. The largest absolute Gasteiger partial charge is 0.375 e. The van der Waals surface area contributed by atoms with E-state index >= 15 is 0 Å². The molecule has 0 bridgehead atoms. The van der Waals surface area contributed by atoms with Gasteiger partial charge in [0.1, 0.15) is 0 Å². The maximum Gasteiger partial charge on any atom is 0.180 e. The van der Waals surface area contributed by atoms with Gasteiger partial charge in [-0.05, 0) is 12.8 Å². The number of nitrogens with zero attached hydrogens (tertiary/aromatic N) is 1. The van der Waals surface area contributed by atoms with E-state index in [4.69, 9.17) is 5.73 Å². The normalized spacial score (nSPS) is 21.6. The van der Waals surface area contributed by atoms with E-state index < -0.39 is 0 Å². The molecule has 0 atom stereocenters. The second-order valence-electron chi connectivity index (χ2n) is 4.19. The van der Waals surface area contributed by atoms with Crippen LogP contribution in [0.5, 0.6) is 0 Å². The Morgan fingerprint density at radius 1 is 1.38 bits per heavy atom. The van der Waals surface area contributed by atoms with Gasteiger partial charge in [-0.1, -0.05) is 26.2 Å². The lowest BCUT2D eigenvalue weighted by Gasteiger charge is -2.31. The molecule has 1 aromatic rings. The standard InChI is InChI=1S/C10H16N2S/c1-10(5-3-2-4-6-10)8-7-13-9(11)12-8/h7H,2-6H2,1H3,(H2,11,12). The van der Waals surface area contributed by atoms with Crippen molar-refractivity contribution >= 4 is 16.5 Å². The topological polar surface area (TPSA) is 38.9 Å². The number of anilines is 1. The van der Waals surface area contributed by atoms with Crippen molar-refractivity contribution in [1.82, 2.24) is 4.98 Å². The molecule has 0 spiro atoms. The molecule has 0 aliphatic heterocycles. The predicted molar refractivity (Wildman–Crippen MR) is 57.0 cm³/mol. The summed E-state index contributed by atoms with van der Waals surface area (Å²) < 4.78 is 0. The Morgan fingerprint density at radius 3 is 2.62 bits per heavy atom. The van der Waals surface area contributed by atoms with Crippen molar-refractivity contribution < 1.29 is 0 Å². The number of thiazole rings is 1. The van der Waals surface area contributed by atoms with Crippen LogP contribution in [0.15, 0.2) is 5.38 Å². The van der Waals surface area contributed by atoms with E-state index in [1.807, 2.05) is 0 Å². The van der Waals surface area contributed by atoms with Crippen molar-refractivity contribution in [2.75, 3.05) is 5.73 Å². The van der Waals surface area contributed by atoms with Crippen LogP contribution in [0.4, 0.5) is 5.13 Å². The zero-order chi connectivity index (χ0) is 9.31. The van der Waals surface area contributed by atoms with Gasteiger partial charge in [-0.25, -0.2) is 4.98 Å². The molecular weight excluding hydrogens is 180 g/mol. The molecule has 0 radical (unpaired) electrons. The highest BCUT2D eigenvalue weighted by Crippen LogP contribution is 2.39. The smallest absolute Gasteiger partial charge is 0.180 e. The zero-order valence-corrected chi connectivity index (χ0v) is 8.86. The van der Waals surface area contributed by atoms with Gasteiger partial charge in [0.05, 0.1) is 5.69 Å². The first-order chi connectivity index (χ1) is 6.21. The van der Waals surface area contributed by atoms with Gasteiger partial charge in [-0.2, -0.15) is 0 Å². The number of rotatable bonds is 1. The third-order valence-corrected chi connectivity index (χ3v) is 3.77. The van der Waals surface area contributed by atoms with Gasteiger partial charge in [0.25, 0.3) is 0 Å². The molecule has 1 aliphatic rings. The molecule has 0 unspecified atom stereocenters. The number of nitrogen functional groups attached to an aromatic ring is 1. The fourth-order valence-corrected chi connectivity index (χ4v) is 2.87. The highest BCUT2D eigenvalue weighted by Gasteiger charge is 2.30. The van der Waals surface area contributed by atoms with Crippen molar-refractivity contribution in [3.63, 3.8) is 0 Å². The van der Waals surface area contributed by atoms with E-state index in [9.17, 15) is 0 Å². The maximum atomic E-state index is 5.65. The summed E-state index contributed by atoms with van der Waals surface area (Å²) in [6, 6.07) is 0. The molecule has 1 aromatic heterocycles. The van der Waals surface area contributed by atoms with Crippen molar-refractivity contribution in [2.24, 2.45) is 0 Å². The van der Waals surface area contributed by atoms with E-state index in [2.05, 4.69) is 17.3 Å². The minimum absolute atomic E-state index is 0.312. The highest BCUT2D eigenvalue weighted by atomic mass is 32.1. The van der Waals surface area contributed by atoms with Gasteiger partial charge in [-0.3, -0.25) is 0 Å². The highest BCUT2D eigenvalue weighted by molar-refractivity contribution is 7.13. The first-order valence-electron chi connectivity index (χ1n) is 4.92. The van der Waals surface area contributed by atoms with E-state index in [1.165, 1.54) is 37.8 Å². The van der Waals surface area contributed by atoms with Crippen LogP contribution in [0, 0.1) is 0 Å². The quantitative estimate of drug-likeness (QED) is 0.750. The molecule has 1 fully saturated rings. The monoisotopic (exact) mass is 196 g/mol. The van der Waals surface area contributed by atoms with Gasteiger partial charge in [0, 0.05) is 10.8 Å². The Morgan fingerprint density at radius 2 is 2.08 bits per heavy atom. The molecule has 1 saturated carbocycles. The summed E-state index contributed by atoms with van der Waals surface area (Å²) in [5.41, 5.74) is 7.18. The lowest BCUT2D eigenvalue weighted by molar-refractivity contribution is 0.313. The molecule has 2 N–H and O–H groups in total. The summed E-state index contributed by atoms with van der Waals surface area (Å²) in [6.07, 6.45) is 6.61. The average Bonchev–Trinajstić information content (AvgIpc) is 2.54. The van der Waals surface area contributed by atoms with Crippen LogP contribution in [0.2, 0.25) is 0 Å². The van der Waals surface area contributed by atoms with Gasteiger partial charge < -0.3 is 5.73 Å². The predicted octanol–water partition coefficient (Wildman–Crippen LogP) is 2.95. The van der Waals surface area contributed by atoms with Gasteiger partial charge in [0.15, 0.2) is 5.13 Å². The van der Waals surface area contributed by atoms with Crippen molar-refractivity contribution in [3.8, 4) is 0 Å². The van der Waals surface area contributed by atoms with Crippen LogP contribution in [-0.4, -0.2) is 4.98 Å². The molecule has 2 nitrogen and oxygen atoms in total. The van der Waals surface area contributed by atoms with E-state index in [1.54, 1.807) is 11.3 Å². The van der Waals surface area contributed by atoms with Crippen molar-refractivity contribution in [2.45, 2.75) is 44.4 Å². The molecule has 13 heavy (non-hydrogen) atoms. The Hall–Kier alpha value is -0.570. The van der Waals surface area contributed by atoms with E-state index in [0.717, 1.165) is 0 Å². The summed E-state index contributed by atoms with van der Waals surface area (Å²) in [7, 11) is 0. The Labute approximate surface area is 83.2 Å². The minimum atomic E-state index is 0.312. The van der Waals surface area contributed by atoms with Crippen LogP contribution in [-0.2, 0) is 5.41 Å². The SMILES string of the molecule is CC1(c2csc(N)n2)CCCCC1. The number of hydrogen-bond donors (Lipinski definition) is 1. The summed E-state index contributed by atoms with van der Waals surface area (Å²) in [4.78, 5) is 4.40. The summed E-state index contributed by atoms with van der Waals surface area (Å²) >= 11 is 1.56. The minimum Gasteiger partial charge on any atom is -0.375 e. The Bertz CT molecular complexity index is 287.